The molecule has 96 valence electrons. The molecule has 2 heterocycles. The summed E-state index contributed by atoms with van der Waals surface area (Å²) >= 11 is 5.33. The second-order valence-electron chi connectivity index (χ2n) is 4.33. The van der Waals surface area contributed by atoms with Crippen molar-refractivity contribution in [3.05, 3.63) is 47.0 Å². The third-order valence-corrected chi connectivity index (χ3v) is 3.21. The first-order valence-corrected chi connectivity index (χ1v) is 6.31. The zero-order chi connectivity index (χ0) is 13.4. The summed E-state index contributed by atoms with van der Waals surface area (Å²) in [5.41, 5.74) is 2.87. The maximum atomic E-state index is 5.33. The highest BCUT2D eigenvalue weighted by Gasteiger charge is 2.14. The molecule has 0 aliphatic carbocycles. The fourth-order valence-electron chi connectivity index (χ4n) is 2.11. The molecule has 0 saturated carbocycles. The van der Waals surface area contributed by atoms with Gasteiger partial charge in [-0.15, -0.1) is 0 Å². The number of aromatic nitrogens is 5. The Kier molecular flexibility index (Phi) is 2.79. The van der Waals surface area contributed by atoms with Crippen LogP contribution in [0.25, 0.3) is 17.1 Å². The van der Waals surface area contributed by atoms with Crippen molar-refractivity contribution in [1.82, 2.24) is 24.5 Å². The summed E-state index contributed by atoms with van der Waals surface area (Å²) in [5.74, 6) is 0.793. The monoisotopic (exact) mass is 271 g/mol. The molecule has 0 unspecified atom stereocenters. The lowest BCUT2D eigenvalue weighted by atomic mass is 10.2. The van der Waals surface area contributed by atoms with Gasteiger partial charge in [0, 0.05) is 18.8 Å². The molecule has 2 aromatic heterocycles. The molecule has 0 radical (unpaired) electrons. The van der Waals surface area contributed by atoms with Gasteiger partial charge in [0.15, 0.2) is 10.6 Å². The van der Waals surface area contributed by atoms with Gasteiger partial charge in [0.05, 0.1) is 11.4 Å². The van der Waals surface area contributed by atoms with E-state index in [4.69, 9.17) is 12.2 Å². The number of aromatic amines is 1. The highest BCUT2D eigenvalue weighted by molar-refractivity contribution is 7.71. The van der Waals surface area contributed by atoms with Gasteiger partial charge in [-0.05, 0) is 19.1 Å². The normalized spacial score (nSPS) is 10.8. The first-order valence-electron chi connectivity index (χ1n) is 5.90. The van der Waals surface area contributed by atoms with Gasteiger partial charge in [0.1, 0.15) is 0 Å². The Balaban J connectivity index is 2.26. The molecule has 5 nitrogen and oxygen atoms in total. The van der Waals surface area contributed by atoms with Crippen LogP contribution in [0.1, 0.15) is 5.69 Å². The largest absolute Gasteiger partial charge is 0.273 e. The highest BCUT2D eigenvalue weighted by atomic mass is 32.1. The van der Waals surface area contributed by atoms with E-state index in [-0.39, 0.29) is 0 Å². The Morgan fingerprint density at radius 1 is 1.21 bits per heavy atom. The third-order valence-electron chi connectivity index (χ3n) is 2.93. The van der Waals surface area contributed by atoms with Crippen molar-refractivity contribution in [3.8, 4) is 17.1 Å². The molecule has 0 atom stereocenters. The van der Waals surface area contributed by atoms with Gasteiger partial charge in [-0.3, -0.25) is 14.3 Å². The molecular formula is C13H13N5S. The lowest BCUT2D eigenvalue weighted by molar-refractivity contribution is 0.756. The van der Waals surface area contributed by atoms with Crippen molar-refractivity contribution < 1.29 is 0 Å². The predicted octanol–water partition coefficient (Wildman–Crippen LogP) is 2.64. The van der Waals surface area contributed by atoms with E-state index in [1.807, 2.05) is 55.1 Å². The summed E-state index contributed by atoms with van der Waals surface area (Å²) in [4.78, 5) is 0. The molecule has 0 saturated heterocycles. The smallest absolute Gasteiger partial charge is 0.200 e. The first kappa shape index (κ1) is 11.9. The van der Waals surface area contributed by atoms with Crippen LogP contribution in [-0.2, 0) is 7.05 Å². The zero-order valence-corrected chi connectivity index (χ0v) is 11.5. The molecule has 3 aromatic rings. The Morgan fingerprint density at radius 2 is 1.95 bits per heavy atom. The lowest BCUT2D eigenvalue weighted by Crippen LogP contribution is -1.98. The number of nitrogens with one attached hydrogen (secondary N) is 1. The molecule has 0 amide bonds. The van der Waals surface area contributed by atoms with Crippen LogP contribution in [0.5, 0.6) is 0 Å². The number of nitrogens with zero attached hydrogens (tertiary/aromatic N) is 4. The Labute approximate surface area is 115 Å². The minimum absolute atomic E-state index is 0.565. The molecule has 19 heavy (non-hydrogen) atoms. The number of benzene rings is 1. The second kappa shape index (κ2) is 4.47. The molecule has 0 aliphatic rings. The van der Waals surface area contributed by atoms with E-state index in [0.717, 1.165) is 22.8 Å². The highest BCUT2D eigenvalue weighted by Crippen LogP contribution is 2.22. The van der Waals surface area contributed by atoms with Crippen LogP contribution in [-0.4, -0.2) is 24.5 Å². The number of hydrogen-bond donors (Lipinski definition) is 1. The second-order valence-corrected chi connectivity index (χ2v) is 4.71. The molecule has 0 aliphatic heterocycles. The summed E-state index contributed by atoms with van der Waals surface area (Å²) in [6.45, 7) is 1.96. The van der Waals surface area contributed by atoms with Crippen molar-refractivity contribution in [2.75, 3.05) is 0 Å². The molecular weight excluding hydrogens is 258 g/mol. The summed E-state index contributed by atoms with van der Waals surface area (Å²) < 4.78 is 4.25. The number of hydrogen-bond acceptors (Lipinski definition) is 3. The van der Waals surface area contributed by atoms with Gasteiger partial charge in [0.2, 0.25) is 0 Å². The minimum atomic E-state index is 0.565. The summed E-state index contributed by atoms with van der Waals surface area (Å²) in [6, 6.07) is 9.95. The van der Waals surface area contributed by atoms with Crippen molar-refractivity contribution in [2.45, 2.75) is 6.92 Å². The quantitative estimate of drug-likeness (QED) is 0.729. The summed E-state index contributed by atoms with van der Waals surface area (Å²) in [7, 11) is 1.89. The van der Waals surface area contributed by atoms with Crippen LogP contribution >= 0.6 is 12.2 Å². The Morgan fingerprint density at radius 3 is 2.58 bits per heavy atom. The number of H-pyrrole nitrogens is 1. The van der Waals surface area contributed by atoms with Crippen molar-refractivity contribution in [2.24, 2.45) is 7.05 Å². The van der Waals surface area contributed by atoms with E-state index in [0.29, 0.717) is 4.77 Å². The minimum Gasteiger partial charge on any atom is -0.273 e. The van der Waals surface area contributed by atoms with Crippen molar-refractivity contribution in [1.29, 1.82) is 0 Å². The summed E-state index contributed by atoms with van der Waals surface area (Å²) in [5, 5.41) is 11.5. The van der Waals surface area contributed by atoms with Gasteiger partial charge in [0.25, 0.3) is 0 Å². The maximum absolute atomic E-state index is 5.33. The standard InChI is InChI=1S/C13H13N5S/c1-9-11(8-17(2)16-9)18-12(14-15-13(18)19)10-6-4-3-5-7-10/h3-8H,1-2H3,(H,15,19). The van der Waals surface area contributed by atoms with Crippen LogP contribution in [0.3, 0.4) is 0 Å². The van der Waals surface area contributed by atoms with E-state index in [2.05, 4.69) is 15.3 Å². The Bertz CT molecular complexity index is 766. The van der Waals surface area contributed by atoms with E-state index in [1.54, 1.807) is 4.68 Å². The van der Waals surface area contributed by atoms with E-state index < -0.39 is 0 Å². The van der Waals surface area contributed by atoms with E-state index in [1.165, 1.54) is 0 Å². The van der Waals surface area contributed by atoms with Crippen molar-refractivity contribution in [3.63, 3.8) is 0 Å². The average molecular weight is 271 g/mol. The topological polar surface area (TPSA) is 51.4 Å². The van der Waals surface area contributed by atoms with Crippen molar-refractivity contribution >= 4 is 12.2 Å². The van der Waals surface area contributed by atoms with E-state index >= 15 is 0 Å². The van der Waals surface area contributed by atoms with E-state index in [9.17, 15) is 0 Å². The number of rotatable bonds is 2. The fraction of sp³-hybridized carbons (Fsp3) is 0.154. The molecule has 0 spiro atoms. The van der Waals surface area contributed by atoms with Crippen LogP contribution in [0, 0.1) is 11.7 Å². The third kappa shape index (κ3) is 2.00. The van der Waals surface area contributed by atoms with Crippen LogP contribution in [0.4, 0.5) is 0 Å². The molecule has 6 heteroatoms. The average Bonchev–Trinajstić information content (AvgIpc) is 2.93. The first-order chi connectivity index (χ1) is 9.16. The SMILES string of the molecule is Cc1nn(C)cc1-n1c(-c2ccccc2)n[nH]c1=S. The maximum Gasteiger partial charge on any atom is 0.200 e. The molecule has 0 fully saturated rings. The fourth-order valence-corrected chi connectivity index (χ4v) is 2.34. The lowest BCUT2D eigenvalue weighted by Gasteiger charge is -2.04. The van der Waals surface area contributed by atoms with Gasteiger partial charge in [-0.25, -0.2) is 0 Å². The van der Waals surface area contributed by atoms with Crippen LogP contribution in [0.15, 0.2) is 36.5 Å². The molecule has 3 rings (SSSR count). The molecule has 0 bridgehead atoms. The van der Waals surface area contributed by atoms with Gasteiger partial charge in [-0.1, -0.05) is 30.3 Å². The number of aryl methyl sites for hydroxylation is 2. The van der Waals surface area contributed by atoms with Gasteiger partial charge in [-0.2, -0.15) is 10.2 Å². The Hall–Kier alpha value is -2.21. The summed E-state index contributed by atoms with van der Waals surface area (Å²) in [6.07, 6.45) is 1.94. The van der Waals surface area contributed by atoms with Crippen LogP contribution < -0.4 is 0 Å². The van der Waals surface area contributed by atoms with Crippen LogP contribution in [0.2, 0.25) is 0 Å². The zero-order valence-electron chi connectivity index (χ0n) is 10.7. The van der Waals surface area contributed by atoms with Gasteiger partial charge < -0.3 is 0 Å². The molecule has 1 aromatic carbocycles. The molecule has 1 N–H and O–H groups in total. The van der Waals surface area contributed by atoms with Gasteiger partial charge >= 0.3 is 0 Å². The predicted molar refractivity (Wildman–Crippen MR) is 75.7 cm³/mol.